The van der Waals surface area contributed by atoms with Crippen molar-refractivity contribution in [3.8, 4) is 0 Å². The van der Waals surface area contributed by atoms with Gasteiger partial charge >= 0.3 is 0 Å². The quantitative estimate of drug-likeness (QED) is 0.670. The molecule has 0 radical (unpaired) electrons. The lowest BCUT2D eigenvalue weighted by Gasteiger charge is -2.17. The van der Waals surface area contributed by atoms with Gasteiger partial charge in [0.1, 0.15) is 5.82 Å². The summed E-state index contributed by atoms with van der Waals surface area (Å²) >= 11 is 5.60. The van der Waals surface area contributed by atoms with Crippen LogP contribution in [0.4, 0.5) is 13.2 Å². The van der Waals surface area contributed by atoms with E-state index in [2.05, 4.69) is 5.43 Å². The van der Waals surface area contributed by atoms with Crippen molar-refractivity contribution >= 4 is 11.6 Å². The highest BCUT2D eigenvalue weighted by Crippen LogP contribution is 2.24. The summed E-state index contributed by atoms with van der Waals surface area (Å²) in [6.07, 6.45) is 0.0845. The fourth-order valence-corrected chi connectivity index (χ4v) is 2.05. The standard InChI is InChI=1S/C14H12ClF3N2/c15-10-5-4-8(6-12(10)17)13(20-19)7-9-2-1-3-11(16)14(9)18/h1-6,13,20H,7,19H2. The number of rotatable bonds is 4. The number of halogens is 4. The van der Waals surface area contributed by atoms with Crippen molar-refractivity contribution in [2.75, 3.05) is 0 Å². The van der Waals surface area contributed by atoms with Crippen LogP contribution in [0.3, 0.4) is 0 Å². The molecular formula is C14H12ClF3N2. The molecule has 0 aliphatic rings. The van der Waals surface area contributed by atoms with E-state index in [0.717, 1.165) is 6.07 Å². The van der Waals surface area contributed by atoms with Crippen LogP contribution < -0.4 is 11.3 Å². The average molecular weight is 301 g/mol. The second-order valence-electron chi connectivity index (χ2n) is 4.31. The number of nitrogens with one attached hydrogen (secondary N) is 1. The Morgan fingerprint density at radius 2 is 1.85 bits per heavy atom. The van der Waals surface area contributed by atoms with Gasteiger partial charge in [-0.1, -0.05) is 29.8 Å². The zero-order valence-electron chi connectivity index (χ0n) is 10.3. The van der Waals surface area contributed by atoms with E-state index in [0.29, 0.717) is 5.56 Å². The van der Waals surface area contributed by atoms with Crippen LogP contribution in [-0.2, 0) is 6.42 Å². The minimum absolute atomic E-state index is 0.0125. The van der Waals surface area contributed by atoms with Crippen LogP contribution in [0.15, 0.2) is 36.4 Å². The molecule has 20 heavy (non-hydrogen) atoms. The molecule has 0 bridgehead atoms. The van der Waals surface area contributed by atoms with Gasteiger partial charge in [0.2, 0.25) is 0 Å². The predicted octanol–water partition coefficient (Wildman–Crippen LogP) is 3.50. The van der Waals surface area contributed by atoms with Crippen molar-refractivity contribution in [1.82, 2.24) is 5.43 Å². The molecule has 0 saturated heterocycles. The Bertz CT molecular complexity index is 619. The highest BCUT2D eigenvalue weighted by molar-refractivity contribution is 6.30. The summed E-state index contributed by atoms with van der Waals surface area (Å²) in [7, 11) is 0. The fourth-order valence-electron chi connectivity index (χ4n) is 1.93. The van der Waals surface area contributed by atoms with E-state index < -0.39 is 23.5 Å². The first kappa shape index (κ1) is 14.8. The van der Waals surface area contributed by atoms with Crippen molar-refractivity contribution < 1.29 is 13.2 Å². The van der Waals surface area contributed by atoms with Gasteiger partial charge in [-0.05, 0) is 35.7 Å². The van der Waals surface area contributed by atoms with Crippen LogP contribution in [0.2, 0.25) is 5.02 Å². The molecule has 3 N–H and O–H groups in total. The molecule has 1 unspecified atom stereocenters. The Kier molecular flexibility index (Phi) is 4.65. The van der Waals surface area contributed by atoms with Crippen molar-refractivity contribution in [3.05, 3.63) is 70.0 Å². The van der Waals surface area contributed by atoms with Gasteiger partial charge in [0, 0.05) is 0 Å². The first-order valence-electron chi connectivity index (χ1n) is 5.87. The van der Waals surface area contributed by atoms with Gasteiger partial charge in [-0.25, -0.2) is 13.2 Å². The summed E-state index contributed by atoms with van der Waals surface area (Å²) in [4.78, 5) is 0. The van der Waals surface area contributed by atoms with Gasteiger partial charge in [0.15, 0.2) is 11.6 Å². The maximum absolute atomic E-state index is 13.6. The van der Waals surface area contributed by atoms with Crippen molar-refractivity contribution in [1.29, 1.82) is 0 Å². The van der Waals surface area contributed by atoms with Gasteiger partial charge in [0.25, 0.3) is 0 Å². The SMILES string of the molecule is NNC(Cc1cccc(F)c1F)c1ccc(Cl)c(F)c1. The van der Waals surface area contributed by atoms with Gasteiger partial charge < -0.3 is 0 Å². The topological polar surface area (TPSA) is 38.0 Å². The van der Waals surface area contributed by atoms with Gasteiger partial charge in [-0.15, -0.1) is 0 Å². The van der Waals surface area contributed by atoms with E-state index >= 15 is 0 Å². The molecule has 0 amide bonds. The molecule has 106 valence electrons. The van der Waals surface area contributed by atoms with Crippen molar-refractivity contribution in [2.24, 2.45) is 5.84 Å². The monoisotopic (exact) mass is 300 g/mol. The second kappa shape index (κ2) is 6.26. The van der Waals surface area contributed by atoms with Crippen LogP contribution in [0.25, 0.3) is 0 Å². The molecule has 2 rings (SSSR count). The second-order valence-corrected chi connectivity index (χ2v) is 4.72. The minimum atomic E-state index is -0.930. The number of hydrogen-bond acceptors (Lipinski definition) is 2. The van der Waals surface area contributed by atoms with Crippen LogP contribution in [0.5, 0.6) is 0 Å². The smallest absolute Gasteiger partial charge is 0.162 e. The first-order valence-corrected chi connectivity index (χ1v) is 6.24. The number of hydrazine groups is 1. The normalized spacial score (nSPS) is 12.4. The molecule has 1 atom stereocenters. The highest BCUT2D eigenvalue weighted by atomic mass is 35.5. The molecule has 0 heterocycles. The molecule has 2 aromatic carbocycles. The average Bonchev–Trinajstić information content (AvgIpc) is 2.44. The zero-order chi connectivity index (χ0) is 14.7. The van der Waals surface area contributed by atoms with Crippen LogP contribution in [0, 0.1) is 17.5 Å². The molecule has 0 spiro atoms. The van der Waals surface area contributed by atoms with E-state index in [1.165, 1.54) is 24.3 Å². The molecule has 0 aliphatic heterocycles. The summed E-state index contributed by atoms with van der Waals surface area (Å²) in [5, 5.41) is -0.0125. The molecule has 2 nitrogen and oxygen atoms in total. The molecular weight excluding hydrogens is 289 g/mol. The summed E-state index contributed by atoms with van der Waals surface area (Å²) < 4.78 is 40.2. The van der Waals surface area contributed by atoms with Gasteiger partial charge in [-0.3, -0.25) is 11.3 Å². The first-order chi connectivity index (χ1) is 9.52. The number of nitrogens with two attached hydrogens (primary N) is 1. The van der Waals surface area contributed by atoms with Crippen LogP contribution in [-0.4, -0.2) is 0 Å². The molecule has 0 saturated carbocycles. The Morgan fingerprint density at radius 1 is 1.10 bits per heavy atom. The number of hydrogen-bond donors (Lipinski definition) is 2. The van der Waals surface area contributed by atoms with E-state index in [1.54, 1.807) is 6.07 Å². The van der Waals surface area contributed by atoms with Crippen LogP contribution in [0.1, 0.15) is 17.2 Å². The molecule has 6 heteroatoms. The maximum atomic E-state index is 13.6. The Labute approximate surface area is 119 Å². The third-order valence-corrected chi connectivity index (χ3v) is 3.31. The van der Waals surface area contributed by atoms with E-state index in [4.69, 9.17) is 17.4 Å². The van der Waals surface area contributed by atoms with Gasteiger partial charge in [-0.2, -0.15) is 0 Å². The van der Waals surface area contributed by atoms with Crippen molar-refractivity contribution in [2.45, 2.75) is 12.5 Å². The van der Waals surface area contributed by atoms with E-state index in [9.17, 15) is 13.2 Å². The lowest BCUT2D eigenvalue weighted by molar-refractivity contribution is 0.480. The van der Waals surface area contributed by atoms with Gasteiger partial charge in [0.05, 0.1) is 11.1 Å². The third kappa shape index (κ3) is 3.12. The van der Waals surface area contributed by atoms with E-state index in [-0.39, 0.29) is 17.0 Å². The van der Waals surface area contributed by atoms with E-state index in [1.807, 2.05) is 0 Å². The van der Waals surface area contributed by atoms with Crippen molar-refractivity contribution in [3.63, 3.8) is 0 Å². The summed E-state index contributed by atoms with van der Waals surface area (Å²) in [5.41, 5.74) is 3.12. The lowest BCUT2D eigenvalue weighted by Crippen LogP contribution is -2.30. The Hall–Kier alpha value is -1.56. The lowest BCUT2D eigenvalue weighted by atomic mass is 9.99. The number of benzene rings is 2. The molecule has 0 aromatic heterocycles. The Morgan fingerprint density at radius 3 is 2.50 bits per heavy atom. The molecule has 0 aliphatic carbocycles. The zero-order valence-corrected chi connectivity index (χ0v) is 11.1. The summed E-state index contributed by atoms with van der Waals surface area (Å²) in [6.45, 7) is 0. The third-order valence-electron chi connectivity index (χ3n) is 3.00. The fraction of sp³-hybridized carbons (Fsp3) is 0.143. The predicted molar refractivity (Wildman–Crippen MR) is 71.5 cm³/mol. The molecule has 0 fully saturated rings. The molecule has 2 aromatic rings. The highest BCUT2D eigenvalue weighted by Gasteiger charge is 2.16. The Balaban J connectivity index is 2.28. The summed E-state index contributed by atoms with van der Waals surface area (Å²) in [5.74, 6) is 2.96. The maximum Gasteiger partial charge on any atom is 0.162 e. The largest absolute Gasteiger partial charge is 0.271 e. The van der Waals surface area contributed by atoms with Crippen LogP contribution >= 0.6 is 11.6 Å². The summed E-state index contributed by atoms with van der Waals surface area (Å²) in [6, 6.07) is 7.51. The minimum Gasteiger partial charge on any atom is -0.271 e.